The molecule has 1 fully saturated rings. The van der Waals surface area contributed by atoms with E-state index in [0.717, 1.165) is 28.4 Å². The number of carbonyl (C=O) groups excluding carboxylic acids is 1. The Kier molecular flexibility index (Phi) is 7.32. The van der Waals surface area contributed by atoms with E-state index in [0.29, 0.717) is 22.4 Å². The average Bonchev–Trinajstić information content (AvgIpc) is 3.64. The van der Waals surface area contributed by atoms with E-state index in [-0.39, 0.29) is 12.4 Å². The van der Waals surface area contributed by atoms with Crippen LogP contribution in [0, 0.1) is 12.8 Å². The minimum atomic E-state index is -0.548. The molecule has 2 heterocycles. The number of nitrogens with zero attached hydrogens (tertiary/aromatic N) is 4. The van der Waals surface area contributed by atoms with E-state index in [1.807, 2.05) is 54.0 Å². The third kappa shape index (κ3) is 5.14. The second kappa shape index (κ2) is 10.4. The lowest BCUT2D eigenvalue weighted by Gasteiger charge is -2.14. The molecule has 0 unspecified atom stereocenters. The first-order valence-corrected chi connectivity index (χ1v) is 11.8. The van der Waals surface area contributed by atoms with Gasteiger partial charge < -0.3 is 9.47 Å². The maximum Gasteiger partial charge on any atom is 0.308 e. The number of aliphatic imine (C=N–C) groups is 1. The normalized spacial score (nSPS) is 16.3. The number of methoxy groups -OCH3 is 2. The third-order valence-corrected chi connectivity index (χ3v) is 6.36. The monoisotopic (exact) mass is 480 g/mol. The molecule has 0 N–H and O–H groups in total. The lowest BCUT2D eigenvalue weighted by molar-refractivity contribution is -0.141. The van der Waals surface area contributed by atoms with Crippen molar-refractivity contribution in [3.63, 3.8) is 0 Å². The van der Waals surface area contributed by atoms with Crippen molar-refractivity contribution in [1.82, 2.24) is 14.8 Å². The second-order valence-corrected chi connectivity index (χ2v) is 8.89. The van der Waals surface area contributed by atoms with Crippen LogP contribution in [0.5, 0.6) is 5.75 Å². The number of benzene rings is 2. The van der Waals surface area contributed by atoms with Crippen molar-refractivity contribution in [3.8, 4) is 11.4 Å². The van der Waals surface area contributed by atoms with E-state index in [4.69, 9.17) is 26.1 Å². The van der Waals surface area contributed by atoms with Gasteiger partial charge in [-0.1, -0.05) is 49.9 Å². The Hall–Kier alpha value is -3.19. The number of halogens is 1. The average molecular weight is 481 g/mol. The summed E-state index contributed by atoms with van der Waals surface area (Å²) in [6.07, 6.45) is 4.49. The van der Waals surface area contributed by atoms with Gasteiger partial charge in [-0.15, -0.1) is 10.2 Å². The van der Waals surface area contributed by atoms with E-state index in [1.54, 1.807) is 7.11 Å². The first-order chi connectivity index (χ1) is 16.4. The third-order valence-electron chi connectivity index (χ3n) is 6.11. The smallest absolute Gasteiger partial charge is 0.308 e. The quantitative estimate of drug-likeness (QED) is 0.450. The Balaban J connectivity index is 0.000000486. The summed E-state index contributed by atoms with van der Waals surface area (Å²) in [6, 6.07) is 12.6. The topological polar surface area (TPSA) is 78.6 Å². The molecule has 2 aliphatic rings. The minimum Gasteiger partial charge on any atom is -0.497 e. The van der Waals surface area contributed by atoms with E-state index >= 15 is 0 Å². The molecule has 7 nitrogen and oxygen atoms in total. The molecule has 2 aromatic carbocycles. The summed E-state index contributed by atoms with van der Waals surface area (Å²) in [5.74, 6) is 2.75. The number of rotatable bonds is 5. The fraction of sp³-hybridized carbons (Fsp3) is 0.385. The summed E-state index contributed by atoms with van der Waals surface area (Å²) >= 11 is 6.08. The van der Waals surface area contributed by atoms with Gasteiger partial charge in [0.1, 0.15) is 17.6 Å². The first-order valence-electron chi connectivity index (χ1n) is 11.5. The highest BCUT2D eigenvalue weighted by atomic mass is 35.5. The minimum absolute atomic E-state index is 0.0524. The van der Waals surface area contributed by atoms with Gasteiger partial charge in [0.15, 0.2) is 5.82 Å². The predicted molar refractivity (Wildman–Crippen MR) is 132 cm³/mol. The Morgan fingerprint density at radius 2 is 1.85 bits per heavy atom. The van der Waals surface area contributed by atoms with Gasteiger partial charge in [-0.05, 0) is 43.2 Å². The lowest BCUT2D eigenvalue weighted by atomic mass is 10.00. The SMILES string of the molecule is CCC1CC1.COC(=O)C[C@@H]1N=C(c2ccc(Cl)cc2)c2cc(OC)ccc2-n2c(C)nnc21. The molecular weight excluding hydrogens is 452 g/mol. The van der Waals surface area contributed by atoms with Crippen LogP contribution in [-0.4, -0.2) is 40.7 Å². The van der Waals surface area contributed by atoms with E-state index in [9.17, 15) is 4.79 Å². The van der Waals surface area contributed by atoms with E-state index < -0.39 is 6.04 Å². The van der Waals surface area contributed by atoms with Crippen LogP contribution in [0.15, 0.2) is 47.5 Å². The van der Waals surface area contributed by atoms with Crippen molar-refractivity contribution in [3.05, 3.63) is 70.3 Å². The van der Waals surface area contributed by atoms with Gasteiger partial charge in [0.05, 0.1) is 32.0 Å². The molecule has 0 saturated heterocycles. The number of aromatic nitrogens is 3. The fourth-order valence-corrected chi connectivity index (χ4v) is 4.07. The number of hydrogen-bond donors (Lipinski definition) is 0. The summed E-state index contributed by atoms with van der Waals surface area (Å²) in [5, 5.41) is 9.16. The summed E-state index contributed by atoms with van der Waals surface area (Å²) in [5.41, 5.74) is 3.30. The van der Waals surface area contributed by atoms with Crippen LogP contribution in [0.2, 0.25) is 5.02 Å². The molecule has 1 saturated carbocycles. The Morgan fingerprint density at radius 3 is 2.44 bits per heavy atom. The van der Waals surface area contributed by atoms with Crippen molar-refractivity contribution >= 4 is 23.3 Å². The highest BCUT2D eigenvalue weighted by Gasteiger charge is 2.30. The van der Waals surface area contributed by atoms with Crippen molar-refractivity contribution < 1.29 is 14.3 Å². The van der Waals surface area contributed by atoms with Crippen LogP contribution < -0.4 is 4.74 Å². The Bertz CT molecular complexity index is 1200. The highest BCUT2D eigenvalue weighted by molar-refractivity contribution is 6.30. The molecule has 1 aliphatic carbocycles. The maximum absolute atomic E-state index is 12.1. The molecule has 0 amide bonds. The van der Waals surface area contributed by atoms with Crippen LogP contribution in [0.1, 0.15) is 61.4 Å². The second-order valence-electron chi connectivity index (χ2n) is 8.46. The number of esters is 1. The fourth-order valence-electron chi connectivity index (χ4n) is 3.94. The van der Waals surface area contributed by atoms with Crippen LogP contribution in [0.25, 0.3) is 5.69 Å². The van der Waals surface area contributed by atoms with Gasteiger partial charge in [-0.3, -0.25) is 14.4 Å². The molecular formula is C26H29ClN4O3. The standard InChI is InChI=1S/C21H19ClN4O3.C5H10/c1-12-24-25-21-17(11-19(27)29-3)23-20(13-4-6-14(22)7-5-13)16-10-15(28-2)8-9-18(16)26(12)21;1-2-5-3-4-5/h4-10,17H,11H2,1-3H3;5H,2-4H2,1H3/t17-;/m0./s1. The van der Waals surface area contributed by atoms with Gasteiger partial charge in [-0.2, -0.15) is 0 Å². The molecule has 0 radical (unpaired) electrons. The molecule has 0 bridgehead atoms. The number of aryl methyl sites for hydroxylation is 1. The molecule has 1 atom stereocenters. The van der Waals surface area contributed by atoms with Gasteiger partial charge in [0, 0.05) is 16.1 Å². The summed E-state index contributed by atoms with van der Waals surface area (Å²) < 4.78 is 12.3. The zero-order chi connectivity index (χ0) is 24.2. The molecule has 1 aromatic heterocycles. The zero-order valence-corrected chi connectivity index (χ0v) is 20.7. The van der Waals surface area contributed by atoms with Gasteiger partial charge in [0.2, 0.25) is 0 Å². The largest absolute Gasteiger partial charge is 0.497 e. The summed E-state index contributed by atoms with van der Waals surface area (Å²) in [4.78, 5) is 17.0. The highest BCUT2D eigenvalue weighted by Crippen LogP contribution is 2.34. The first kappa shape index (κ1) is 24.0. The van der Waals surface area contributed by atoms with Crippen molar-refractivity contribution in [2.75, 3.05) is 14.2 Å². The van der Waals surface area contributed by atoms with E-state index in [2.05, 4.69) is 17.1 Å². The van der Waals surface area contributed by atoms with Crippen LogP contribution in [0.3, 0.4) is 0 Å². The summed E-state index contributed by atoms with van der Waals surface area (Å²) in [7, 11) is 2.98. The van der Waals surface area contributed by atoms with Gasteiger partial charge in [-0.25, -0.2) is 0 Å². The van der Waals surface area contributed by atoms with Gasteiger partial charge in [0.25, 0.3) is 0 Å². The molecule has 8 heteroatoms. The Morgan fingerprint density at radius 1 is 1.12 bits per heavy atom. The maximum atomic E-state index is 12.1. The zero-order valence-electron chi connectivity index (χ0n) is 19.9. The lowest BCUT2D eigenvalue weighted by Crippen LogP contribution is -2.12. The number of hydrogen-bond acceptors (Lipinski definition) is 6. The summed E-state index contributed by atoms with van der Waals surface area (Å²) in [6.45, 7) is 4.13. The van der Waals surface area contributed by atoms with Crippen LogP contribution >= 0.6 is 11.6 Å². The molecule has 3 aromatic rings. The van der Waals surface area contributed by atoms with Gasteiger partial charge >= 0.3 is 5.97 Å². The van der Waals surface area contributed by atoms with Crippen molar-refractivity contribution in [1.29, 1.82) is 0 Å². The van der Waals surface area contributed by atoms with Crippen LogP contribution in [0.4, 0.5) is 0 Å². The molecule has 1 aliphatic heterocycles. The molecule has 0 spiro atoms. The number of ether oxygens (including phenoxy) is 2. The molecule has 34 heavy (non-hydrogen) atoms. The molecule has 178 valence electrons. The Labute approximate surface area is 204 Å². The van der Waals surface area contributed by atoms with E-state index in [1.165, 1.54) is 26.4 Å². The number of fused-ring (bicyclic) bond motifs is 3. The predicted octanol–water partition coefficient (Wildman–Crippen LogP) is 5.50. The number of carbonyl (C=O) groups is 1. The molecule has 5 rings (SSSR count). The van der Waals surface area contributed by atoms with Crippen molar-refractivity contribution in [2.45, 2.75) is 45.6 Å². The van der Waals surface area contributed by atoms with Crippen molar-refractivity contribution in [2.24, 2.45) is 10.9 Å². The van der Waals surface area contributed by atoms with Crippen LogP contribution in [-0.2, 0) is 9.53 Å².